The molecule has 0 spiro atoms. The maximum absolute atomic E-state index is 2.64. The summed E-state index contributed by atoms with van der Waals surface area (Å²) >= 11 is 0. The molecule has 19 aromatic rings. The highest BCUT2D eigenvalue weighted by atomic mass is 15.2. The molecular weight excluding hydrogens is 1570 g/mol. The van der Waals surface area contributed by atoms with E-state index in [1.165, 1.54) is 264 Å². The van der Waals surface area contributed by atoms with Crippen molar-refractivity contribution < 1.29 is 18.3 Å². The number of fused-ring (bicyclic) bond motifs is 12. The third-order valence-electron chi connectivity index (χ3n) is 29.6. The van der Waals surface area contributed by atoms with Crippen LogP contribution in [0.15, 0.2) is 274 Å². The SMILES string of the molecule is CC(C)Cc1cccc(CC(C)C)c1-c1c[n+]2c3c4c(cccc4c4ccccc4n13)C2.CC(C)c1cc(-c2ccccc2)cc(C(C)C)c1-n1cc[n+]2c1-c1ccccc1C2.Cc1cccc(C)c1-c1c[n+]2c3c4c(cccc4c4cc(CC(C)(C)C)ccc4n13)C2.c1cc(C2CCCCC2)c(-c2c[n+]3c4c5c(cccc5c5ccccc5n24)C3)c(C2CCCCC2)c1. The first kappa shape index (κ1) is 82.2. The Hall–Kier alpha value is -12.5. The van der Waals surface area contributed by atoms with Crippen molar-refractivity contribution in [2.45, 2.75) is 223 Å². The lowest BCUT2D eigenvalue weighted by Crippen LogP contribution is -2.30. The second-order valence-electron chi connectivity index (χ2n) is 41.4. The molecule has 0 amide bonds. The van der Waals surface area contributed by atoms with Gasteiger partial charge in [0.15, 0.2) is 17.1 Å². The minimum atomic E-state index is 0.270. The third kappa shape index (κ3) is 14.2. The van der Waals surface area contributed by atoms with Crippen molar-refractivity contribution in [1.29, 1.82) is 0 Å². The molecule has 2 fully saturated rings. The summed E-state index contributed by atoms with van der Waals surface area (Å²) < 4.78 is 20.0. The normalized spacial score (nSPS) is 14.6. The molecule has 2 aliphatic carbocycles. The minimum absolute atomic E-state index is 0.270. The topological polar surface area (TPSA) is 33.7 Å². The fraction of sp³-hybridized carbons (Fsp3) is 0.306. The van der Waals surface area contributed by atoms with Gasteiger partial charge in [-0.15, -0.1) is 0 Å². The van der Waals surface area contributed by atoms with E-state index < -0.39 is 0 Å². The van der Waals surface area contributed by atoms with Crippen molar-refractivity contribution in [3.8, 4) is 62.0 Å². The van der Waals surface area contributed by atoms with Gasteiger partial charge in [0.2, 0.25) is 0 Å². The van der Waals surface area contributed by atoms with Gasteiger partial charge >= 0.3 is 0 Å². The summed E-state index contributed by atoms with van der Waals surface area (Å²) in [7, 11) is 0. The van der Waals surface area contributed by atoms with E-state index in [-0.39, 0.29) is 5.41 Å². The Kier molecular flexibility index (Phi) is 21.0. The number of pyridine rings is 3. The molecule has 0 N–H and O–H groups in total. The lowest BCUT2D eigenvalue weighted by atomic mass is 9.76. The first-order chi connectivity index (χ1) is 62.8. The molecular formula is C121H124N8+4. The molecule has 0 atom stereocenters. The first-order valence-corrected chi connectivity index (χ1v) is 48.7. The lowest BCUT2D eigenvalue weighted by Gasteiger charge is -2.29. The highest BCUT2D eigenvalue weighted by Crippen LogP contribution is 2.49. The van der Waals surface area contributed by atoms with Gasteiger partial charge in [-0.05, 0) is 192 Å². The second kappa shape index (κ2) is 32.9. The largest absolute Gasteiger partial charge is 0.295 e. The molecule has 12 aromatic carbocycles. The van der Waals surface area contributed by atoms with E-state index in [1.54, 1.807) is 16.7 Å². The van der Waals surface area contributed by atoms with Gasteiger partial charge in [-0.1, -0.05) is 315 Å². The van der Waals surface area contributed by atoms with Crippen molar-refractivity contribution in [1.82, 2.24) is 17.8 Å². The first-order valence-electron chi connectivity index (χ1n) is 48.7. The fourth-order valence-electron chi connectivity index (χ4n) is 24.2. The van der Waals surface area contributed by atoms with Crippen LogP contribution in [0.4, 0.5) is 0 Å². The summed E-state index contributed by atoms with van der Waals surface area (Å²) in [6.07, 6.45) is 28.8. The average Bonchev–Trinajstić information content (AvgIpc) is 1.55. The zero-order valence-electron chi connectivity index (χ0n) is 78.0. The van der Waals surface area contributed by atoms with Crippen molar-refractivity contribution in [2.24, 2.45) is 17.3 Å². The van der Waals surface area contributed by atoms with Gasteiger partial charge in [-0.3, -0.25) is 0 Å². The molecule has 4 aliphatic heterocycles. The van der Waals surface area contributed by atoms with Crippen LogP contribution in [0.2, 0.25) is 0 Å². The van der Waals surface area contributed by atoms with Crippen molar-refractivity contribution in [2.75, 3.05) is 0 Å². The molecule has 7 aromatic heterocycles. The van der Waals surface area contributed by atoms with Crippen LogP contribution in [0, 0.1) is 31.1 Å². The monoisotopic (exact) mass is 1690 g/mol. The Morgan fingerprint density at radius 3 is 1.29 bits per heavy atom. The smallest absolute Gasteiger partial charge is 0.225 e. The van der Waals surface area contributed by atoms with Gasteiger partial charge in [-0.25, -0.2) is 18.3 Å². The number of rotatable bonds is 14. The van der Waals surface area contributed by atoms with E-state index in [0.717, 1.165) is 45.4 Å². The van der Waals surface area contributed by atoms with Gasteiger partial charge in [0, 0.05) is 82.4 Å². The van der Waals surface area contributed by atoms with Crippen LogP contribution in [-0.2, 0) is 45.4 Å². The molecule has 0 saturated heterocycles. The maximum atomic E-state index is 2.64. The summed E-state index contributed by atoms with van der Waals surface area (Å²) in [5, 5.41) is 12.5. The van der Waals surface area contributed by atoms with Gasteiger partial charge in [-0.2, -0.15) is 17.8 Å². The quantitative estimate of drug-likeness (QED) is 0.0768. The zero-order chi connectivity index (χ0) is 87.9. The van der Waals surface area contributed by atoms with Crippen LogP contribution in [0.3, 0.4) is 0 Å². The number of aromatic nitrogens is 8. The van der Waals surface area contributed by atoms with Gasteiger partial charge < -0.3 is 0 Å². The molecule has 8 nitrogen and oxygen atoms in total. The molecule has 25 rings (SSSR count). The van der Waals surface area contributed by atoms with Crippen LogP contribution in [0.5, 0.6) is 0 Å². The van der Waals surface area contributed by atoms with Gasteiger partial charge in [0.25, 0.3) is 22.8 Å². The second-order valence-corrected chi connectivity index (χ2v) is 41.4. The van der Waals surface area contributed by atoms with Crippen LogP contribution < -0.4 is 18.3 Å². The molecule has 0 bridgehead atoms. The number of aryl methyl sites for hydroxylation is 2. The third-order valence-corrected chi connectivity index (χ3v) is 29.6. The Morgan fingerprint density at radius 1 is 0.364 bits per heavy atom. The molecule has 129 heavy (non-hydrogen) atoms. The van der Waals surface area contributed by atoms with Crippen LogP contribution in [0.1, 0.15) is 236 Å². The molecule has 0 unspecified atom stereocenters. The van der Waals surface area contributed by atoms with Gasteiger partial charge in [0.1, 0.15) is 79.4 Å². The Labute approximate surface area is 761 Å². The molecule has 11 heterocycles. The van der Waals surface area contributed by atoms with Crippen LogP contribution in [0.25, 0.3) is 144 Å². The van der Waals surface area contributed by atoms with E-state index >= 15 is 0 Å². The van der Waals surface area contributed by atoms with E-state index in [9.17, 15) is 0 Å². The molecule has 2 saturated carbocycles. The Balaban J connectivity index is 0.000000101. The van der Waals surface area contributed by atoms with Crippen LogP contribution in [-0.4, -0.2) is 17.8 Å². The lowest BCUT2D eigenvalue weighted by molar-refractivity contribution is -0.671. The fourth-order valence-corrected chi connectivity index (χ4v) is 24.2. The highest BCUT2D eigenvalue weighted by molar-refractivity contribution is 6.16. The summed E-state index contributed by atoms with van der Waals surface area (Å²) in [5.41, 5.74) is 40.9. The molecule has 6 aliphatic rings. The number of imidazole rings is 4. The minimum Gasteiger partial charge on any atom is -0.225 e. The summed E-state index contributed by atoms with van der Waals surface area (Å²) in [6.45, 7) is 33.8. The van der Waals surface area contributed by atoms with E-state index in [1.807, 2.05) is 0 Å². The Morgan fingerprint density at radius 2 is 0.783 bits per heavy atom. The highest BCUT2D eigenvalue weighted by Gasteiger charge is 2.40. The predicted octanol–water partition coefficient (Wildman–Crippen LogP) is 29.1. The number of hydrogen-bond acceptors (Lipinski definition) is 0. The maximum Gasteiger partial charge on any atom is 0.295 e. The number of para-hydroxylation sites is 2. The summed E-state index contributed by atoms with van der Waals surface area (Å²) in [5.74, 6) is 4.79. The average molecular weight is 1690 g/mol. The summed E-state index contributed by atoms with van der Waals surface area (Å²) in [6, 6.07) is 91.0. The number of hydrogen-bond donors (Lipinski definition) is 0. The van der Waals surface area contributed by atoms with Crippen molar-refractivity contribution in [3.63, 3.8) is 0 Å². The molecule has 0 radical (unpaired) electrons. The zero-order valence-corrected chi connectivity index (χ0v) is 78.0. The predicted molar refractivity (Wildman–Crippen MR) is 537 cm³/mol. The van der Waals surface area contributed by atoms with Crippen LogP contribution >= 0.6 is 0 Å². The number of benzene rings is 12. The van der Waals surface area contributed by atoms with Gasteiger partial charge in [0.05, 0.1) is 21.7 Å². The molecule has 644 valence electrons. The van der Waals surface area contributed by atoms with E-state index in [4.69, 9.17) is 0 Å². The summed E-state index contributed by atoms with van der Waals surface area (Å²) in [4.78, 5) is 0. The van der Waals surface area contributed by atoms with Crippen molar-refractivity contribution >= 4 is 82.0 Å². The van der Waals surface area contributed by atoms with Crippen molar-refractivity contribution in [3.05, 3.63) is 346 Å². The Bertz CT molecular complexity index is 7560. The molecule has 8 heteroatoms. The van der Waals surface area contributed by atoms with E-state index in [2.05, 4.69) is 400 Å². The number of nitrogens with zero attached hydrogens (tertiary/aromatic N) is 8. The van der Waals surface area contributed by atoms with E-state index in [0.29, 0.717) is 35.5 Å². The standard InChI is InChI=1S/C34H35N2.C30H31N2.C29H29N2.C28H29N2/c1-3-11-23(12-4-1)26-17-10-18-27(24-13-5-2-6-14-24)33(26)31-22-35-21-25-15-9-19-29-28-16-7-8-20-30(28)36(31)34(35)32(25)29;1-19(2)15-21-9-7-10-22(16-20(3)4)28(21)27-18-31-17-23-11-8-13-25-24-12-5-6-14-26(24)32(27)30(31)29(23)25;1-18-8-6-9-19(2)26(18)25-17-30-16-21-10-7-11-22-23-14-20(15-29(3,4)5)12-13-24(23)31(25)28(30)27(21)22;1-19(2)25-16-23(21-10-6-5-7-11-21)17-26(20(3)4)27(25)30-15-14-29-18-22-12-8-9-13-24(22)28(29)30/h7-10,15-20,22-24H,1-6,11-14,21H2;5-14,18-20H,15-17H2,1-4H3;6-14,17H,15-16H2,1-5H3;5-17,19-20H,18H2,1-4H3/q4*+1.